The lowest BCUT2D eigenvalue weighted by atomic mass is 10.2. The molecule has 0 radical (unpaired) electrons. The van der Waals surface area contributed by atoms with Crippen molar-refractivity contribution < 1.29 is 14.3 Å². The smallest absolute Gasteiger partial charge is 0.256 e. The van der Waals surface area contributed by atoms with Gasteiger partial charge in [0.25, 0.3) is 5.91 Å². The molecule has 2 aromatic carbocycles. The third-order valence-corrected chi connectivity index (χ3v) is 4.59. The maximum absolute atomic E-state index is 12.5. The summed E-state index contributed by atoms with van der Waals surface area (Å²) in [5.74, 6) is 0.759. The van der Waals surface area contributed by atoms with Crippen LogP contribution in [0.5, 0.6) is 11.5 Å². The van der Waals surface area contributed by atoms with Gasteiger partial charge in [-0.2, -0.15) is 5.10 Å². The van der Waals surface area contributed by atoms with Crippen molar-refractivity contribution in [2.75, 3.05) is 19.5 Å². The molecule has 27 heavy (non-hydrogen) atoms. The normalized spacial score (nSPS) is 10.5. The Bertz CT molecular complexity index is 930. The van der Waals surface area contributed by atoms with E-state index in [4.69, 9.17) is 32.7 Å². The summed E-state index contributed by atoms with van der Waals surface area (Å²) in [5, 5.41) is 8.16. The van der Waals surface area contributed by atoms with Gasteiger partial charge >= 0.3 is 0 Å². The Morgan fingerprint density at radius 2 is 1.74 bits per heavy atom. The molecule has 1 amide bonds. The van der Waals surface area contributed by atoms with E-state index in [9.17, 15) is 4.79 Å². The number of rotatable bonds is 6. The van der Waals surface area contributed by atoms with Gasteiger partial charge in [0.05, 0.1) is 32.6 Å². The van der Waals surface area contributed by atoms with Crippen molar-refractivity contribution >= 4 is 34.8 Å². The number of halogens is 2. The van der Waals surface area contributed by atoms with Gasteiger partial charge in [-0.15, -0.1) is 0 Å². The van der Waals surface area contributed by atoms with Gasteiger partial charge in [-0.05, 0) is 24.3 Å². The lowest BCUT2D eigenvalue weighted by Gasteiger charge is -2.08. The molecule has 0 saturated carbocycles. The van der Waals surface area contributed by atoms with Crippen molar-refractivity contribution in [3.63, 3.8) is 0 Å². The van der Waals surface area contributed by atoms with Crippen LogP contribution in [0.3, 0.4) is 0 Å². The Morgan fingerprint density at radius 3 is 2.33 bits per heavy atom. The molecule has 0 aliphatic heterocycles. The fourth-order valence-corrected chi connectivity index (χ4v) is 3.02. The number of aromatic nitrogens is 2. The van der Waals surface area contributed by atoms with E-state index in [1.54, 1.807) is 53.5 Å². The number of nitrogens with one attached hydrogen (secondary N) is 1. The number of methoxy groups -OCH3 is 2. The average molecular weight is 406 g/mol. The first-order valence-corrected chi connectivity index (χ1v) is 8.75. The third-order valence-electron chi connectivity index (χ3n) is 3.89. The van der Waals surface area contributed by atoms with Gasteiger partial charge in [0.15, 0.2) is 0 Å². The fourth-order valence-electron chi connectivity index (χ4n) is 2.50. The van der Waals surface area contributed by atoms with Crippen LogP contribution in [0.1, 0.15) is 15.9 Å². The van der Waals surface area contributed by atoms with E-state index in [0.29, 0.717) is 39.3 Å². The Kier molecular flexibility index (Phi) is 5.88. The maximum atomic E-state index is 12.5. The first-order valence-electron chi connectivity index (χ1n) is 8.00. The summed E-state index contributed by atoms with van der Waals surface area (Å²) in [4.78, 5) is 12.5. The number of anilines is 1. The second-order valence-electron chi connectivity index (χ2n) is 5.68. The first-order chi connectivity index (χ1) is 13.0. The van der Waals surface area contributed by atoms with Gasteiger partial charge in [0.1, 0.15) is 11.5 Å². The molecule has 6 nitrogen and oxygen atoms in total. The van der Waals surface area contributed by atoms with Crippen molar-refractivity contribution in [2.24, 2.45) is 0 Å². The first kappa shape index (κ1) is 19.1. The van der Waals surface area contributed by atoms with Gasteiger partial charge in [0.2, 0.25) is 0 Å². The van der Waals surface area contributed by atoms with Crippen molar-refractivity contribution in [3.05, 3.63) is 70.0 Å². The Morgan fingerprint density at radius 1 is 1.11 bits per heavy atom. The molecule has 3 aromatic rings. The molecule has 1 heterocycles. The summed E-state index contributed by atoms with van der Waals surface area (Å²) in [7, 11) is 3.06. The maximum Gasteiger partial charge on any atom is 0.256 e. The predicted molar refractivity (Wildman–Crippen MR) is 105 cm³/mol. The standard InChI is InChI=1S/C19H17Cl2N3O3/c1-26-14-6-12(7-15(8-14)27-2)19(25)23-13-9-22-24(10-13)11-16-17(20)4-3-5-18(16)21/h3-10H,11H2,1-2H3,(H,23,25). The predicted octanol–water partition coefficient (Wildman–Crippen LogP) is 4.51. The van der Waals surface area contributed by atoms with Crippen LogP contribution in [0, 0.1) is 0 Å². The van der Waals surface area contributed by atoms with Crippen LogP contribution in [-0.2, 0) is 6.54 Å². The molecule has 8 heteroatoms. The summed E-state index contributed by atoms with van der Waals surface area (Å²) in [6, 6.07) is 10.3. The quantitative estimate of drug-likeness (QED) is 0.655. The number of ether oxygens (including phenoxy) is 2. The highest BCUT2D eigenvalue weighted by Gasteiger charge is 2.12. The van der Waals surface area contributed by atoms with E-state index in [1.165, 1.54) is 14.2 Å². The minimum Gasteiger partial charge on any atom is -0.497 e. The molecular weight excluding hydrogens is 389 g/mol. The van der Waals surface area contributed by atoms with Crippen molar-refractivity contribution in [3.8, 4) is 11.5 Å². The molecule has 3 rings (SSSR count). The molecular formula is C19H17Cl2N3O3. The molecule has 0 atom stereocenters. The second-order valence-corrected chi connectivity index (χ2v) is 6.50. The Labute approximate surface area is 166 Å². The Hall–Kier alpha value is -2.70. The molecule has 0 aliphatic carbocycles. The van der Waals surface area contributed by atoms with Crippen LogP contribution < -0.4 is 14.8 Å². The zero-order valence-corrected chi connectivity index (χ0v) is 16.2. The van der Waals surface area contributed by atoms with Crippen LogP contribution in [-0.4, -0.2) is 29.9 Å². The summed E-state index contributed by atoms with van der Waals surface area (Å²) in [6.07, 6.45) is 3.26. The zero-order chi connectivity index (χ0) is 19.4. The number of nitrogens with zero attached hydrogens (tertiary/aromatic N) is 2. The lowest BCUT2D eigenvalue weighted by Crippen LogP contribution is -2.12. The fraction of sp³-hybridized carbons (Fsp3) is 0.158. The summed E-state index contributed by atoms with van der Waals surface area (Å²) in [5.41, 5.74) is 1.72. The highest BCUT2D eigenvalue weighted by Crippen LogP contribution is 2.26. The average Bonchev–Trinajstić information content (AvgIpc) is 3.11. The zero-order valence-electron chi connectivity index (χ0n) is 14.7. The summed E-state index contributed by atoms with van der Waals surface area (Å²) in [6.45, 7) is 0.390. The van der Waals surface area contributed by atoms with Gasteiger partial charge in [-0.1, -0.05) is 29.3 Å². The van der Waals surface area contributed by atoms with Crippen LogP contribution in [0.4, 0.5) is 5.69 Å². The SMILES string of the molecule is COc1cc(OC)cc(C(=O)Nc2cnn(Cc3c(Cl)cccc3Cl)c2)c1. The summed E-state index contributed by atoms with van der Waals surface area (Å²) < 4.78 is 12.0. The van der Waals surface area contributed by atoms with Crippen LogP contribution in [0.25, 0.3) is 0 Å². The highest BCUT2D eigenvalue weighted by molar-refractivity contribution is 6.35. The number of carbonyl (C=O) groups is 1. The Balaban J connectivity index is 1.75. The van der Waals surface area contributed by atoms with E-state index in [1.807, 2.05) is 0 Å². The van der Waals surface area contributed by atoms with Crippen LogP contribution in [0.2, 0.25) is 10.0 Å². The topological polar surface area (TPSA) is 65.4 Å². The van der Waals surface area contributed by atoms with E-state index >= 15 is 0 Å². The number of hydrogen-bond acceptors (Lipinski definition) is 4. The molecule has 1 N–H and O–H groups in total. The molecule has 0 fully saturated rings. The number of carbonyl (C=O) groups excluding carboxylic acids is 1. The third kappa shape index (κ3) is 4.53. The molecule has 0 unspecified atom stereocenters. The van der Waals surface area contributed by atoms with Gasteiger partial charge in [0, 0.05) is 33.4 Å². The molecule has 0 saturated heterocycles. The summed E-state index contributed by atoms with van der Waals surface area (Å²) >= 11 is 12.4. The van der Waals surface area contributed by atoms with Crippen LogP contribution in [0.15, 0.2) is 48.8 Å². The molecule has 0 aliphatic rings. The van der Waals surface area contributed by atoms with Crippen molar-refractivity contribution in [2.45, 2.75) is 6.54 Å². The molecule has 140 valence electrons. The van der Waals surface area contributed by atoms with E-state index < -0.39 is 0 Å². The van der Waals surface area contributed by atoms with E-state index in [-0.39, 0.29) is 5.91 Å². The molecule has 0 spiro atoms. The van der Waals surface area contributed by atoms with Crippen molar-refractivity contribution in [1.29, 1.82) is 0 Å². The number of benzene rings is 2. The van der Waals surface area contributed by atoms with E-state index in [0.717, 1.165) is 5.56 Å². The molecule has 0 bridgehead atoms. The minimum atomic E-state index is -0.303. The van der Waals surface area contributed by atoms with Gasteiger partial charge < -0.3 is 14.8 Å². The van der Waals surface area contributed by atoms with Crippen molar-refractivity contribution in [1.82, 2.24) is 9.78 Å². The largest absolute Gasteiger partial charge is 0.497 e. The van der Waals surface area contributed by atoms with E-state index in [2.05, 4.69) is 10.4 Å². The minimum absolute atomic E-state index is 0.303. The monoisotopic (exact) mass is 405 g/mol. The number of amides is 1. The lowest BCUT2D eigenvalue weighted by molar-refractivity contribution is 0.102. The van der Waals surface area contributed by atoms with Gasteiger partial charge in [-0.25, -0.2) is 0 Å². The number of hydrogen-bond donors (Lipinski definition) is 1. The van der Waals surface area contributed by atoms with Crippen LogP contribution >= 0.6 is 23.2 Å². The molecule has 1 aromatic heterocycles. The second kappa shape index (κ2) is 8.33. The van der Waals surface area contributed by atoms with Gasteiger partial charge in [-0.3, -0.25) is 9.48 Å². The highest BCUT2D eigenvalue weighted by atomic mass is 35.5.